The van der Waals surface area contributed by atoms with Crippen molar-refractivity contribution >= 4 is 21.8 Å². The molecule has 106 valence electrons. The summed E-state index contributed by atoms with van der Waals surface area (Å²) < 4.78 is 45.1. The first-order valence-electron chi connectivity index (χ1n) is 5.26. The van der Waals surface area contributed by atoms with Gasteiger partial charge in [-0.3, -0.25) is 4.79 Å². The average molecular weight is 342 g/mol. The molecule has 0 radical (unpaired) electrons. The maximum Gasteiger partial charge on any atom is 0.573 e. The summed E-state index contributed by atoms with van der Waals surface area (Å²) in [6.07, 6.45) is -4.75. The van der Waals surface area contributed by atoms with E-state index in [-0.39, 0.29) is 28.5 Å². The number of carbonyl (C=O) groups is 1. The molecule has 0 spiro atoms. The average Bonchev–Trinajstić information content (AvgIpc) is 2.26. The minimum atomic E-state index is -4.75. The Morgan fingerprint density at radius 3 is 2.63 bits per heavy atom. The van der Waals surface area contributed by atoms with E-state index in [9.17, 15) is 18.0 Å². The van der Waals surface area contributed by atoms with Gasteiger partial charge in [-0.25, -0.2) is 0 Å². The summed E-state index contributed by atoms with van der Waals surface area (Å²) in [6, 6.07) is 3.50. The number of rotatable bonds is 5. The van der Waals surface area contributed by atoms with Gasteiger partial charge in [0.2, 0.25) is 0 Å². The molecule has 0 saturated carbocycles. The molecule has 0 aliphatic heterocycles. The van der Waals surface area contributed by atoms with Gasteiger partial charge in [-0.15, -0.1) is 13.2 Å². The first-order chi connectivity index (χ1) is 8.81. The van der Waals surface area contributed by atoms with Crippen LogP contribution < -0.4 is 14.8 Å². The first kappa shape index (κ1) is 15.6. The smallest absolute Gasteiger partial charge is 0.483 e. The van der Waals surface area contributed by atoms with Crippen LogP contribution >= 0.6 is 15.9 Å². The van der Waals surface area contributed by atoms with Crippen molar-refractivity contribution in [2.24, 2.45) is 0 Å². The van der Waals surface area contributed by atoms with E-state index in [4.69, 9.17) is 4.74 Å². The molecular weight excluding hydrogens is 331 g/mol. The minimum absolute atomic E-state index is 0.216. The van der Waals surface area contributed by atoms with Crippen molar-refractivity contribution in [3.8, 4) is 11.5 Å². The van der Waals surface area contributed by atoms with Crippen LogP contribution in [-0.4, -0.2) is 25.4 Å². The largest absolute Gasteiger partial charge is 0.573 e. The molecule has 0 saturated heterocycles. The lowest BCUT2D eigenvalue weighted by Crippen LogP contribution is -2.28. The van der Waals surface area contributed by atoms with Crippen LogP contribution in [0, 0.1) is 0 Å². The van der Waals surface area contributed by atoms with Crippen LogP contribution in [0.5, 0.6) is 11.5 Å². The zero-order valence-corrected chi connectivity index (χ0v) is 11.5. The summed E-state index contributed by atoms with van der Waals surface area (Å²) in [6.45, 7) is 2.02. The topological polar surface area (TPSA) is 47.6 Å². The van der Waals surface area contributed by atoms with E-state index in [0.29, 0.717) is 6.54 Å². The lowest BCUT2D eigenvalue weighted by Gasteiger charge is -2.11. The molecule has 0 heterocycles. The van der Waals surface area contributed by atoms with E-state index in [1.165, 1.54) is 6.07 Å². The second kappa shape index (κ2) is 6.65. The van der Waals surface area contributed by atoms with Gasteiger partial charge in [-0.2, -0.15) is 0 Å². The van der Waals surface area contributed by atoms with Gasteiger partial charge in [-0.05, 0) is 41.1 Å². The molecule has 1 rings (SSSR count). The molecule has 0 bridgehead atoms. The Bertz CT molecular complexity index is 451. The quantitative estimate of drug-likeness (QED) is 0.895. The number of likely N-dealkylation sites (N-methyl/N-ethyl adjacent to an activating group) is 1. The molecule has 1 N–H and O–H groups in total. The number of carbonyl (C=O) groups excluding carboxylic acids is 1. The Kier molecular flexibility index (Phi) is 5.46. The third-order valence-electron chi connectivity index (χ3n) is 1.87. The van der Waals surface area contributed by atoms with Crippen molar-refractivity contribution in [1.82, 2.24) is 5.32 Å². The number of benzene rings is 1. The summed E-state index contributed by atoms with van der Waals surface area (Å²) in [4.78, 5) is 11.2. The maximum absolute atomic E-state index is 12.0. The Morgan fingerprint density at radius 1 is 1.42 bits per heavy atom. The highest BCUT2D eigenvalue weighted by molar-refractivity contribution is 9.10. The van der Waals surface area contributed by atoms with Crippen LogP contribution in [0.4, 0.5) is 13.2 Å². The second-order valence-corrected chi connectivity index (χ2v) is 4.24. The third-order valence-corrected chi connectivity index (χ3v) is 2.49. The summed E-state index contributed by atoms with van der Waals surface area (Å²) in [5, 5.41) is 2.52. The Balaban J connectivity index is 2.64. The molecule has 1 aromatic carbocycles. The van der Waals surface area contributed by atoms with Crippen LogP contribution in [0.25, 0.3) is 0 Å². The molecule has 0 unspecified atom stereocenters. The van der Waals surface area contributed by atoms with Gasteiger partial charge in [0.05, 0.1) is 4.47 Å². The number of amides is 1. The van der Waals surface area contributed by atoms with Crippen molar-refractivity contribution in [3.63, 3.8) is 0 Å². The van der Waals surface area contributed by atoms with Gasteiger partial charge in [0.1, 0.15) is 11.5 Å². The Morgan fingerprint density at radius 2 is 2.11 bits per heavy atom. The highest BCUT2D eigenvalue weighted by Crippen LogP contribution is 2.31. The maximum atomic E-state index is 12.0. The fourth-order valence-corrected chi connectivity index (χ4v) is 1.66. The Hall–Kier alpha value is -1.44. The standard InChI is InChI=1S/C11H11BrF3NO3/c1-2-16-10(17)6-18-9-4-3-7(5-8(9)12)19-11(13,14)15/h3-5H,2,6H2,1H3,(H,16,17). The van der Waals surface area contributed by atoms with Gasteiger partial charge in [0.15, 0.2) is 6.61 Å². The van der Waals surface area contributed by atoms with E-state index < -0.39 is 6.36 Å². The van der Waals surface area contributed by atoms with Crippen LogP contribution in [0.15, 0.2) is 22.7 Å². The first-order valence-corrected chi connectivity index (χ1v) is 6.06. The van der Waals surface area contributed by atoms with Crippen LogP contribution in [0.2, 0.25) is 0 Å². The molecule has 1 aromatic rings. The van der Waals surface area contributed by atoms with Crippen molar-refractivity contribution in [2.75, 3.05) is 13.2 Å². The summed E-state index contributed by atoms with van der Waals surface area (Å²) in [5.41, 5.74) is 0. The lowest BCUT2D eigenvalue weighted by atomic mass is 10.3. The second-order valence-electron chi connectivity index (χ2n) is 3.38. The molecule has 0 aromatic heterocycles. The van der Waals surface area contributed by atoms with Gasteiger partial charge in [-0.1, -0.05) is 0 Å². The number of halogens is 4. The minimum Gasteiger partial charge on any atom is -0.483 e. The highest BCUT2D eigenvalue weighted by atomic mass is 79.9. The van der Waals surface area contributed by atoms with Gasteiger partial charge in [0.25, 0.3) is 5.91 Å². The van der Waals surface area contributed by atoms with Crippen molar-refractivity contribution in [2.45, 2.75) is 13.3 Å². The van der Waals surface area contributed by atoms with E-state index in [1.54, 1.807) is 6.92 Å². The number of ether oxygens (including phenoxy) is 2. The summed E-state index contributed by atoms with van der Waals surface area (Å²) in [7, 11) is 0. The molecular formula is C11H11BrF3NO3. The zero-order chi connectivity index (χ0) is 14.5. The molecule has 0 atom stereocenters. The number of hydrogen-bond donors (Lipinski definition) is 1. The van der Waals surface area contributed by atoms with Crippen LogP contribution in [0.3, 0.4) is 0 Å². The van der Waals surface area contributed by atoms with Crippen LogP contribution in [0.1, 0.15) is 6.92 Å². The lowest BCUT2D eigenvalue weighted by molar-refractivity contribution is -0.274. The number of alkyl halides is 3. The summed E-state index contributed by atoms with van der Waals surface area (Å²) in [5.74, 6) is -0.435. The van der Waals surface area contributed by atoms with Gasteiger partial charge in [0, 0.05) is 6.54 Å². The predicted molar refractivity (Wildman–Crippen MR) is 65.0 cm³/mol. The van der Waals surface area contributed by atoms with E-state index in [0.717, 1.165) is 12.1 Å². The van der Waals surface area contributed by atoms with Crippen molar-refractivity contribution in [1.29, 1.82) is 0 Å². The Labute approximate surface area is 116 Å². The van der Waals surface area contributed by atoms with E-state index in [2.05, 4.69) is 26.0 Å². The van der Waals surface area contributed by atoms with E-state index >= 15 is 0 Å². The molecule has 19 heavy (non-hydrogen) atoms. The van der Waals surface area contributed by atoms with Crippen LogP contribution in [-0.2, 0) is 4.79 Å². The molecule has 1 amide bonds. The molecule has 8 heteroatoms. The highest BCUT2D eigenvalue weighted by Gasteiger charge is 2.31. The van der Waals surface area contributed by atoms with Crippen molar-refractivity contribution in [3.05, 3.63) is 22.7 Å². The van der Waals surface area contributed by atoms with Gasteiger partial charge < -0.3 is 14.8 Å². The van der Waals surface area contributed by atoms with E-state index in [1.807, 2.05) is 0 Å². The summed E-state index contributed by atoms with van der Waals surface area (Å²) >= 11 is 3.04. The normalized spacial score (nSPS) is 11.0. The SMILES string of the molecule is CCNC(=O)COc1ccc(OC(F)(F)F)cc1Br. The third kappa shape index (κ3) is 5.82. The molecule has 4 nitrogen and oxygen atoms in total. The monoisotopic (exact) mass is 341 g/mol. The fraction of sp³-hybridized carbons (Fsp3) is 0.364. The molecule has 0 aliphatic rings. The fourth-order valence-electron chi connectivity index (χ4n) is 1.19. The number of hydrogen-bond acceptors (Lipinski definition) is 3. The molecule has 0 fully saturated rings. The predicted octanol–water partition coefficient (Wildman–Crippen LogP) is 2.86. The zero-order valence-electron chi connectivity index (χ0n) is 9.88. The van der Waals surface area contributed by atoms with Crippen molar-refractivity contribution < 1.29 is 27.4 Å². The van der Waals surface area contributed by atoms with Gasteiger partial charge >= 0.3 is 6.36 Å². The number of nitrogens with one attached hydrogen (secondary N) is 1. The molecule has 0 aliphatic carbocycles.